The van der Waals surface area contributed by atoms with Crippen molar-refractivity contribution in [1.82, 2.24) is 0 Å². The Morgan fingerprint density at radius 1 is 1.36 bits per heavy atom. The van der Waals surface area contributed by atoms with Crippen molar-refractivity contribution < 1.29 is 13.7 Å². The number of nitro groups is 1. The Labute approximate surface area is 80.7 Å². The van der Waals surface area contributed by atoms with Crippen molar-refractivity contribution in [3.8, 4) is 0 Å². The standard InChI is InChI=1S/C8H3F2NO2S/c9-4-1-6(11(12)13)8-5(10)3-14-7(8)2-4/h1-3H. The first-order valence-corrected chi connectivity index (χ1v) is 4.48. The molecular weight excluding hydrogens is 212 g/mol. The molecule has 1 aromatic carbocycles. The second-order valence-electron chi connectivity index (χ2n) is 2.64. The van der Waals surface area contributed by atoms with E-state index in [0.29, 0.717) is 0 Å². The first-order chi connectivity index (χ1) is 6.59. The van der Waals surface area contributed by atoms with E-state index in [1.54, 1.807) is 0 Å². The molecule has 0 amide bonds. The van der Waals surface area contributed by atoms with E-state index in [9.17, 15) is 18.9 Å². The number of halogens is 2. The molecule has 0 bridgehead atoms. The number of nitrogens with zero attached hydrogens (tertiary/aromatic N) is 1. The van der Waals surface area contributed by atoms with Crippen LogP contribution in [0.25, 0.3) is 10.1 Å². The molecule has 0 saturated carbocycles. The highest BCUT2D eigenvalue weighted by Gasteiger charge is 2.18. The summed E-state index contributed by atoms with van der Waals surface area (Å²) in [4.78, 5) is 9.70. The van der Waals surface area contributed by atoms with Crippen LogP contribution in [0.15, 0.2) is 17.5 Å². The molecule has 6 heteroatoms. The smallest absolute Gasteiger partial charge is 0.258 e. The summed E-state index contributed by atoms with van der Waals surface area (Å²) >= 11 is 0.940. The van der Waals surface area contributed by atoms with Gasteiger partial charge < -0.3 is 0 Å². The molecule has 0 aliphatic rings. The molecule has 0 aliphatic carbocycles. The molecule has 0 aliphatic heterocycles. The topological polar surface area (TPSA) is 43.1 Å². The van der Waals surface area contributed by atoms with Crippen LogP contribution in [-0.4, -0.2) is 4.92 Å². The molecule has 1 heterocycles. The van der Waals surface area contributed by atoms with Gasteiger partial charge in [-0.25, -0.2) is 8.78 Å². The van der Waals surface area contributed by atoms with Gasteiger partial charge in [0.15, 0.2) is 0 Å². The second-order valence-corrected chi connectivity index (χ2v) is 3.55. The number of hydrogen-bond acceptors (Lipinski definition) is 3. The monoisotopic (exact) mass is 215 g/mol. The summed E-state index contributed by atoms with van der Waals surface area (Å²) in [7, 11) is 0. The molecule has 2 rings (SSSR count). The zero-order valence-corrected chi connectivity index (χ0v) is 7.48. The van der Waals surface area contributed by atoms with Crippen LogP contribution in [0, 0.1) is 21.7 Å². The van der Waals surface area contributed by atoms with Gasteiger partial charge in [0.25, 0.3) is 5.69 Å². The van der Waals surface area contributed by atoms with Crippen molar-refractivity contribution in [2.75, 3.05) is 0 Å². The Kier molecular flexibility index (Phi) is 1.92. The first-order valence-electron chi connectivity index (χ1n) is 3.60. The third kappa shape index (κ3) is 1.24. The Bertz CT molecular complexity index is 523. The van der Waals surface area contributed by atoms with Gasteiger partial charge in [0, 0.05) is 10.1 Å². The van der Waals surface area contributed by atoms with Gasteiger partial charge in [-0.2, -0.15) is 0 Å². The summed E-state index contributed by atoms with van der Waals surface area (Å²) in [5.41, 5.74) is -0.529. The molecule has 0 radical (unpaired) electrons. The molecule has 14 heavy (non-hydrogen) atoms. The van der Waals surface area contributed by atoms with Crippen LogP contribution in [0.2, 0.25) is 0 Å². The van der Waals surface area contributed by atoms with Gasteiger partial charge >= 0.3 is 0 Å². The highest BCUT2D eigenvalue weighted by atomic mass is 32.1. The minimum Gasteiger partial charge on any atom is -0.258 e. The van der Waals surface area contributed by atoms with Crippen LogP contribution < -0.4 is 0 Å². The first kappa shape index (κ1) is 9.01. The molecule has 2 aromatic rings. The Morgan fingerprint density at radius 3 is 2.71 bits per heavy atom. The lowest BCUT2D eigenvalue weighted by atomic mass is 10.2. The van der Waals surface area contributed by atoms with Crippen LogP contribution in [0.4, 0.5) is 14.5 Å². The van der Waals surface area contributed by atoms with E-state index < -0.39 is 22.2 Å². The molecule has 3 nitrogen and oxygen atoms in total. The summed E-state index contributed by atoms with van der Waals surface area (Å²) in [5.74, 6) is -1.41. The van der Waals surface area contributed by atoms with Crippen molar-refractivity contribution in [2.45, 2.75) is 0 Å². The lowest BCUT2D eigenvalue weighted by Gasteiger charge is -1.94. The number of non-ortho nitro benzene ring substituents is 1. The Hall–Kier alpha value is -1.56. The van der Waals surface area contributed by atoms with Crippen LogP contribution in [0.1, 0.15) is 0 Å². The fourth-order valence-corrected chi connectivity index (χ4v) is 2.07. The summed E-state index contributed by atoms with van der Waals surface area (Å²) < 4.78 is 26.2. The van der Waals surface area contributed by atoms with Gasteiger partial charge in [-0.05, 0) is 6.07 Å². The van der Waals surface area contributed by atoms with Gasteiger partial charge in [0.2, 0.25) is 0 Å². The minimum atomic E-state index is -0.790. The molecule has 0 spiro atoms. The van der Waals surface area contributed by atoms with Crippen molar-refractivity contribution in [3.63, 3.8) is 0 Å². The average molecular weight is 215 g/mol. The second kappa shape index (κ2) is 2.98. The van der Waals surface area contributed by atoms with Gasteiger partial charge in [0.1, 0.15) is 17.0 Å². The molecule has 0 fully saturated rings. The number of rotatable bonds is 1. The van der Waals surface area contributed by atoms with E-state index in [1.807, 2.05) is 0 Å². The van der Waals surface area contributed by atoms with Gasteiger partial charge in [-0.3, -0.25) is 10.1 Å². The minimum absolute atomic E-state index is 0.124. The number of thiophene rings is 1. The zero-order chi connectivity index (χ0) is 10.3. The van der Waals surface area contributed by atoms with E-state index in [-0.39, 0.29) is 10.1 Å². The quantitative estimate of drug-likeness (QED) is 0.542. The number of benzene rings is 1. The predicted octanol–water partition coefficient (Wildman–Crippen LogP) is 3.09. The molecule has 0 N–H and O–H groups in total. The SMILES string of the molecule is O=[N+]([O-])c1cc(F)cc2scc(F)c12. The fraction of sp³-hybridized carbons (Fsp3) is 0. The van der Waals surface area contributed by atoms with Crippen molar-refractivity contribution in [2.24, 2.45) is 0 Å². The highest BCUT2D eigenvalue weighted by molar-refractivity contribution is 7.17. The van der Waals surface area contributed by atoms with Crippen molar-refractivity contribution in [3.05, 3.63) is 39.3 Å². The maximum Gasteiger partial charge on any atom is 0.283 e. The third-order valence-corrected chi connectivity index (χ3v) is 2.67. The van der Waals surface area contributed by atoms with Crippen molar-refractivity contribution in [1.29, 1.82) is 0 Å². The highest BCUT2D eigenvalue weighted by Crippen LogP contribution is 2.33. The van der Waals surface area contributed by atoms with Crippen LogP contribution in [0.3, 0.4) is 0 Å². The van der Waals surface area contributed by atoms with Crippen LogP contribution in [0.5, 0.6) is 0 Å². The summed E-state index contributed by atoms with van der Waals surface area (Å²) in [6, 6.07) is 1.80. The molecule has 0 unspecified atom stereocenters. The van der Waals surface area contributed by atoms with E-state index in [1.165, 1.54) is 0 Å². The number of nitro benzene ring substituents is 1. The molecule has 0 saturated heterocycles. The van der Waals surface area contributed by atoms with Crippen molar-refractivity contribution >= 4 is 27.1 Å². The largest absolute Gasteiger partial charge is 0.283 e. The van der Waals surface area contributed by atoms with Gasteiger partial charge in [-0.15, -0.1) is 11.3 Å². The maximum absolute atomic E-state index is 13.1. The van der Waals surface area contributed by atoms with Gasteiger partial charge in [-0.1, -0.05) is 0 Å². The van der Waals surface area contributed by atoms with E-state index in [2.05, 4.69) is 0 Å². The van der Waals surface area contributed by atoms with Crippen LogP contribution in [-0.2, 0) is 0 Å². The molecule has 0 atom stereocenters. The fourth-order valence-electron chi connectivity index (χ4n) is 1.22. The normalized spacial score (nSPS) is 10.7. The molecule has 1 aromatic heterocycles. The van der Waals surface area contributed by atoms with Gasteiger partial charge in [0.05, 0.1) is 11.0 Å². The number of hydrogen-bond donors (Lipinski definition) is 0. The lowest BCUT2D eigenvalue weighted by molar-refractivity contribution is -0.383. The Balaban J connectivity index is 2.90. The van der Waals surface area contributed by atoms with Crippen LogP contribution >= 0.6 is 11.3 Å². The Morgan fingerprint density at radius 2 is 2.07 bits per heavy atom. The lowest BCUT2D eigenvalue weighted by Crippen LogP contribution is -1.90. The average Bonchev–Trinajstić information content (AvgIpc) is 2.46. The van der Waals surface area contributed by atoms with E-state index in [4.69, 9.17) is 0 Å². The van der Waals surface area contributed by atoms with E-state index >= 15 is 0 Å². The molecular formula is C8H3F2NO2S. The summed E-state index contributed by atoms with van der Waals surface area (Å²) in [6.07, 6.45) is 0. The summed E-state index contributed by atoms with van der Waals surface area (Å²) in [5, 5.41) is 11.5. The number of fused-ring (bicyclic) bond motifs is 1. The predicted molar refractivity (Wildman–Crippen MR) is 48.4 cm³/mol. The zero-order valence-electron chi connectivity index (χ0n) is 6.66. The third-order valence-electron chi connectivity index (χ3n) is 1.77. The van der Waals surface area contributed by atoms with E-state index in [0.717, 1.165) is 28.8 Å². The maximum atomic E-state index is 13.1. The molecule has 72 valence electrons. The summed E-state index contributed by atoms with van der Waals surface area (Å²) in [6.45, 7) is 0.